The number of rotatable bonds is 5. The molecule has 24 heavy (non-hydrogen) atoms. The summed E-state index contributed by atoms with van der Waals surface area (Å²) in [5.74, 6) is 0.0880. The van der Waals surface area contributed by atoms with Gasteiger partial charge in [0.2, 0.25) is 0 Å². The van der Waals surface area contributed by atoms with Gasteiger partial charge in [-0.2, -0.15) is 0 Å². The van der Waals surface area contributed by atoms with Crippen molar-refractivity contribution in [3.05, 3.63) is 29.8 Å². The molecule has 132 valence electrons. The molecule has 0 spiro atoms. The van der Waals surface area contributed by atoms with Gasteiger partial charge in [-0.3, -0.25) is 9.00 Å². The Morgan fingerprint density at radius 1 is 1.25 bits per heavy atom. The van der Waals surface area contributed by atoms with Gasteiger partial charge in [0, 0.05) is 12.3 Å². The Bertz CT molecular complexity index is 631. The smallest absolute Gasteiger partial charge is 0.339 e. The summed E-state index contributed by atoms with van der Waals surface area (Å²) in [4.78, 5) is 24.6. The molecule has 1 N–H and O–H groups in total. The highest BCUT2D eigenvalue weighted by Gasteiger charge is 2.28. The van der Waals surface area contributed by atoms with Gasteiger partial charge in [-0.1, -0.05) is 38.8 Å². The zero-order valence-electron chi connectivity index (χ0n) is 14.4. The van der Waals surface area contributed by atoms with Gasteiger partial charge in [0.25, 0.3) is 5.91 Å². The van der Waals surface area contributed by atoms with Crippen molar-refractivity contribution in [2.45, 2.75) is 44.0 Å². The first-order valence-electron chi connectivity index (χ1n) is 8.29. The molecule has 1 aromatic rings. The van der Waals surface area contributed by atoms with E-state index in [-0.39, 0.29) is 24.1 Å². The third-order valence-corrected chi connectivity index (χ3v) is 5.78. The van der Waals surface area contributed by atoms with Gasteiger partial charge in [-0.25, -0.2) is 4.79 Å². The highest BCUT2D eigenvalue weighted by molar-refractivity contribution is 7.84. The predicted octanol–water partition coefficient (Wildman–Crippen LogP) is 2.52. The van der Waals surface area contributed by atoms with Crippen LogP contribution in [-0.4, -0.2) is 35.0 Å². The van der Waals surface area contributed by atoms with Crippen molar-refractivity contribution in [1.82, 2.24) is 5.32 Å². The predicted molar refractivity (Wildman–Crippen MR) is 93.2 cm³/mol. The van der Waals surface area contributed by atoms with E-state index in [9.17, 15) is 13.8 Å². The van der Waals surface area contributed by atoms with Crippen molar-refractivity contribution >= 4 is 22.7 Å². The minimum absolute atomic E-state index is 0.135. The summed E-state index contributed by atoms with van der Waals surface area (Å²) in [7, 11) is -1.29. The van der Waals surface area contributed by atoms with E-state index in [1.807, 2.05) is 0 Å². The number of hydrogen-bond donors (Lipinski definition) is 1. The van der Waals surface area contributed by atoms with Crippen LogP contribution in [0.25, 0.3) is 0 Å². The first kappa shape index (κ1) is 18.6. The van der Waals surface area contributed by atoms with Crippen molar-refractivity contribution in [2.24, 2.45) is 11.8 Å². The number of esters is 1. The van der Waals surface area contributed by atoms with E-state index in [1.54, 1.807) is 24.3 Å². The molecule has 1 aliphatic rings. The average Bonchev–Trinajstić information content (AvgIpc) is 2.56. The fraction of sp³-hybridized carbons (Fsp3) is 0.556. The Kier molecular flexibility index (Phi) is 6.54. The van der Waals surface area contributed by atoms with E-state index in [0.717, 1.165) is 12.8 Å². The Morgan fingerprint density at radius 2 is 1.96 bits per heavy atom. The molecule has 0 heterocycles. The minimum Gasteiger partial charge on any atom is -0.452 e. The maximum absolute atomic E-state index is 12.1. The molecule has 4 atom stereocenters. The van der Waals surface area contributed by atoms with Crippen LogP contribution in [0.5, 0.6) is 0 Å². The summed E-state index contributed by atoms with van der Waals surface area (Å²) in [6.45, 7) is 4.03. The van der Waals surface area contributed by atoms with Crippen LogP contribution in [0.15, 0.2) is 29.2 Å². The van der Waals surface area contributed by atoms with Crippen molar-refractivity contribution < 1.29 is 18.5 Å². The van der Waals surface area contributed by atoms with Gasteiger partial charge in [-0.05, 0) is 30.4 Å². The first-order chi connectivity index (χ1) is 11.4. The number of nitrogens with one attached hydrogen (secondary N) is 1. The topological polar surface area (TPSA) is 72.5 Å². The quantitative estimate of drug-likeness (QED) is 0.828. The summed E-state index contributed by atoms with van der Waals surface area (Å²) in [5, 5.41) is 2.97. The third-order valence-electron chi connectivity index (χ3n) is 4.80. The Morgan fingerprint density at radius 3 is 2.67 bits per heavy atom. The molecule has 0 bridgehead atoms. The maximum Gasteiger partial charge on any atom is 0.339 e. The first-order valence-corrected chi connectivity index (χ1v) is 9.85. The molecule has 6 heteroatoms. The lowest BCUT2D eigenvalue weighted by Crippen LogP contribution is -2.45. The highest BCUT2D eigenvalue weighted by Crippen LogP contribution is 2.29. The second-order valence-electron chi connectivity index (χ2n) is 6.47. The van der Waals surface area contributed by atoms with Gasteiger partial charge in [0.05, 0.1) is 21.3 Å². The van der Waals surface area contributed by atoms with Crippen LogP contribution in [0.4, 0.5) is 0 Å². The molecule has 0 aromatic heterocycles. The van der Waals surface area contributed by atoms with Gasteiger partial charge >= 0.3 is 5.97 Å². The second-order valence-corrected chi connectivity index (χ2v) is 7.82. The molecule has 2 rings (SSSR count). The zero-order chi connectivity index (χ0) is 17.7. The average molecular weight is 351 g/mol. The monoisotopic (exact) mass is 351 g/mol. The molecule has 5 nitrogen and oxygen atoms in total. The molecule has 1 amide bonds. The number of carbonyl (C=O) groups excluding carboxylic acids is 2. The molecule has 1 fully saturated rings. The zero-order valence-corrected chi connectivity index (χ0v) is 15.2. The Hall–Kier alpha value is -1.69. The molecule has 1 aliphatic carbocycles. The number of ether oxygens (including phenoxy) is 1. The van der Waals surface area contributed by atoms with Crippen molar-refractivity contribution in [3.8, 4) is 0 Å². The van der Waals surface area contributed by atoms with Gasteiger partial charge in [0.1, 0.15) is 0 Å². The summed E-state index contributed by atoms with van der Waals surface area (Å²) >= 11 is 0. The summed E-state index contributed by atoms with van der Waals surface area (Å²) in [5.41, 5.74) is 0.241. The summed E-state index contributed by atoms with van der Waals surface area (Å²) in [6, 6.07) is 6.71. The fourth-order valence-electron chi connectivity index (χ4n) is 3.13. The van der Waals surface area contributed by atoms with E-state index in [4.69, 9.17) is 4.74 Å². The van der Waals surface area contributed by atoms with E-state index in [2.05, 4.69) is 19.2 Å². The largest absolute Gasteiger partial charge is 0.452 e. The van der Waals surface area contributed by atoms with Crippen molar-refractivity contribution in [3.63, 3.8) is 0 Å². The van der Waals surface area contributed by atoms with Crippen LogP contribution < -0.4 is 5.32 Å². The van der Waals surface area contributed by atoms with E-state index >= 15 is 0 Å². The SMILES string of the molecule is C[C@@H]1[C@@H](C)CCC[C@H]1NC(=O)COC(=O)c1ccccc1[S@@](C)=O. The molecule has 1 aromatic carbocycles. The van der Waals surface area contributed by atoms with Crippen LogP contribution >= 0.6 is 0 Å². The number of hydrogen-bond acceptors (Lipinski definition) is 4. The minimum atomic E-state index is -1.29. The summed E-state index contributed by atoms with van der Waals surface area (Å²) in [6.07, 6.45) is 4.76. The summed E-state index contributed by atoms with van der Waals surface area (Å²) < 4.78 is 16.8. The van der Waals surface area contributed by atoms with Gasteiger partial charge < -0.3 is 10.1 Å². The van der Waals surface area contributed by atoms with Gasteiger partial charge in [-0.15, -0.1) is 0 Å². The standard InChI is InChI=1S/C18H25NO4S/c1-12-7-6-9-15(13(12)2)19-17(20)11-23-18(21)14-8-4-5-10-16(14)24(3)22/h4-5,8,10,12-13,15H,6-7,9,11H2,1-3H3,(H,19,20)/t12-,13+,15+,24+/m0/s1. The van der Waals surface area contributed by atoms with Gasteiger partial charge in [0.15, 0.2) is 6.61 Å². The van der Waals surface area contributed by atoms with E-state index in [0.29, 0.717) is 16.7 Å². The van der Waals surface area contributed by atoms with Crippen LogP contribution in [0.2, 0.25) is 0 Å². The molecular weight excluding hydrogens is 326 g/mol. The molecule has 0 aliphatic heterocycles. The highest BCUT2D eigenvalue weighted by atomic mass is 32.2. The Balaban J connectivity index is 1.90. The maximum atomic E-state index is 12.1. The Labute approximate surface area is 145 Å². The molecule has 0 unspecified atom stereocenters. The third kappa shape index (κ3) is 4.66. The lowest BCUT2D eigenvalue weighted by molar-refractivity contribution is -0.125. The van der Waals surface area contributed by atoms with E-state index in [1.165, 1.54) is 12.7 Å². The lowest BCUT2D eigenvalue weighted by atomic mass is 9.78. The number of carbonyl (C=O) groups is 2. The van der Waals surface area contributed by atoms with E-state index < -0.39 is 16.8 Å². The van der Waals surface area contributed by atoms with Crippen molar-refractivity contribution in [1.29, 1.82) is 0 Å². The molecule has 1 saturated carbocycles. The molecule has 0 radical (unpaired) electrons. The lowest BCUT2D eigenvalue weighted by Gasteiger charge is -2.34. The van der Waals surface area contributed by atoms with Crippen LogP contribution in [0, 0.1) is 11.8 Å². The van der Waals surface area contributed by atoms with Crippen LogP contribution in [0.1, 0.15) is 43.5 Å². The second kappa shape index (κ2) is 8.42. The van der Waals surface area contributed by atoms with Crippen LogP contribution in [-0.2, 0) is 20.3 Å². The molecular formula is C18H25NO4S. The number of benzene rings is 1. The molecule has 0 saturated heterocycles. The normalized spacial score (nSPS) is 24.9. The van der Waals surface area contributed by atoms with Crippen LogP contribution in [0.3, 0.4) is 0 Å². The fourth-order valence-corrected chi connectivity index (χ4v) is 3.86. The number of amides is 1. The van der Waals surface area contributed by atoms with Crippen molar-refractivity contribution in [2.75, 3.05) is 12.9 Å².